The van der Waals surface area contributed by atoms with Crippen LogP contribution in [-0.2, 0) is 0 Å². The third kappa shape index (κ3) is 2.67. The molecule has 0 radical (unpaired) electrons. The molecule has 2 nitrogen and oxygen atoms in total. The normalized spacial score (nSPS) is 32.5. The van der Waals surface area contributed by atoms with Crippen LogP contribution in [0.4, 0.5) is 0 Å². The van der Waals surface area contributed by atoms with Gasteiger partial charge in [0.1, 0.15) is 0 Å². The number of benzene rings is 1. The van der Waals surface area contributed by atoms with Gasteiger partial charge in [-0.3, -0.25) is 0 Å². The zero-order valence-electron chi connectivity index (χ0n) is 11.8. The summed E-state index contributed by atoms with van der Waals surface area (Å²) < 4.78 is 0. The summed E-state index contributed by atoms with van der Waals surface area (Å²) in [4.78, 5) is 2.58. The van der Waals surface area contributed by atoms with Crippen LogP contribution < -0.4 is 5.32 Å². The van der Waals surface area contributed by atoms with Crippen molar-refractivity contribution in [3.63, 3.8) is 0 Å². The Bertz CT molecular complexity index is 434. The molecule has 0 saturated carbocycles. The Morgan fingerprint density at radius 1 is 1.21 bits per heavy atom. The Kier molecular flexibility index (Phi) is 3.84. The molecule has 2 aliphatic heterocycles. The summed E-state index contributed by atoms with van der Waals surface area (Å²) in [6.45, 7) is 2.22. The molecule has 0 aliphatic carbocycles. The van der Waals surface area contributed by atoms with E-state index in [4.69, 9.17) is 11.6 Å². The SMILES string of the molecule is CC(NC1CC2CCC(C1)N2C)c1ccccc1Cl. The molecule has 2 bridgehead atoms. The van der Waals surface area contributed by atoms with Crippen molar-refractivity contribution in [3.8, 4) is 0 Å². The van der Waals surface area contributed by atoms with E-state index < -0.39 is 0 Å². The molecule has 3 atom stereocenters. The van der Waals surface area contributed by atoms with E-state index in [9.17, 15) is 0 Å². The molecule has 2 aliphatic rings. The summed E-state index contributed by atoms with van der Waals surface area (Å²) in [7, 11) is 2.29. The van der Waals surface area contributed by atoms with Crippen molar-refractivity contribution in [1.82, 2.24) is 10.2 Å². The average Bonchev–Trinajstić information content (AvgIpc) is 2.63. The Morgan fingerprint density at radius 3 is 2.47 bits per heavy atom. The van der Waals surface area contributed by atoms with Gasteiger partial charge in [0.2, 0.25) is 0 Å². The van der Waals surface area contributed by atoms with Crippen molar-refractivity contribution in [3.05, 3.63) is 34.9 Å². The lowest BCUT2D eigenvalue weighted by Gasteiger charge is -2.38. The highest BCUT2D eigenvalue weighted by Crippen LogP contribution is 2.35. The molecule has 2 saturated heterocycles. The first kappa shape index (κ1) is 13.4. The maximum Gasteiger partial charge on any atom is 0.0453 e. The molecule has 0 spiro atoms. The Morgan fingerprint density at radius 2 is 1.84 bits per heavy atom. The van der Waals surface area contributed by atoms with Crippen molar-refractivity contribution in [2.45, 2.75) is 56.8 Å². The summed E-state index contributed by atoms with van der Waals surface area (Å²) in [6, 6.07) is 10.7. The standard InChI is InChI=1S/C16H23ClN2/c1-11(15-5-3-4-6-16(15)17)18-12-9-13-7-8-14(10-12)19(13)2/h3-6,11-14,18H,7-10H2,1-2H3. The smallest absolute Gasteiger partial charge is 0.0453 e. The lowest BCUT2D eigenvalue weighted by atomic mass is 9.96. The molecular formula is C16H23ClN2. The lowest BCUT2D eigenvalue weighted by Crippen LogP contribution is -2.47. The zero-order chi connectivity index (χ0) is 13.4. The van der Waals surface area contributed by atoms with Gasteiger partial charge in [-0.05, 0) is 51.3 Å². The molecule has 1 aromatic carbocycles. The van der Waals surface area contributed by atoms with Gasteiger partial charge in [-0.1, -0.05) is 29.8 Å². The fourth-order valence-electron chi connectivity index (χ4n) is 3.82. The quantitative estimate of drug-likeness (QED) is 0.909. The van der Waals surface area contributed by atoms with E-state index in [2.05, 4.69) is 36.3 Å². The predicted octanol–water partition coefficient (Wildman–Crippen LogP) is 3.62. The van der Waals surface area contributed by atoms with Crippen molar-refractivity contribution in [1.29, 1.82) is 0 Å². The minimum absolute atomic E-state index is 0.335. The highest BCUT2D eigenvalue weighted by atomic mass is 35.5. The van der Waals surface area contributed by atoms with Crippen LogP contribution in [-0.4, -0.2) is 30.1 Å². The Labute approximate surface area is 121 Å². The number of hydrogen-bond acceptors (Lipinski definition) is 2. The zero-order valence-corrected chi connectivity index (χ0v) is 12.5. The van der Waals surface area contributed by atoms with Crippen LogP contribution in [0.25, 0.3) is 0 Å². The number of rotatable bonds is 3. The van der Waals surface area contributed by atoms with E-state index in [-0.39, 0.29) is 0 Å². The molecular weight excluding hydrogens is 256 g/mol. The Hall–Kier alpha value is -0.570. The highest BCUT2D eigenvalue weighted by Gasteiger charge is 2.38. The van der Waals surface area contributed by atoms with Crippen LogP contribution in [0, 0.1) is 0 Å². The molecule has 1 N–H and O–H groups in total. The van der Waals surface area contributed by atoms with E-state index in [0.29, 0.717) is 12.1 Å². The molecule has 2 fully saturated rings. The molecule has 19 heavy (non-hydrogen) atoms. The molecule has 3 rings (SSSR count). The molecule has 104 valence electrons. The van der Waals surface area contributed by atoms with Crippen LogP contribution >= 0.6 is 11.6 Å². The van der Waals surface area contributed by atoms with Crippen LogP contribution in [0.1, 0.15) is 44.2 Å². The van der Waals surface area contributed by atoms with Gasteiger partial charge in [-0.15, -0.1) is 0 Å². The second kappa shape index (κ2) is 5.43. The largest absolute Gasteiger partial charge is 0.307 e. The number of halogens is 1. The topological polar surface area (TPSA) is 15.3 Å². The number of piperidine rings is 1. The van der Waals surface area contributed by atoms with E-state index in [1.54, 1.807) is 0 Å². The fraction of sp³-hybridized carbons (Fsp3) is 0.625. The van der Waals surface area contributed by atoms with E-state index in [1.165, 1.54) is 31.2 Å². The third-order valence-electron chi connectivity index (χ3n) is 4.96. The second-order valence-corrected chi connectivity index (χ2v) is 6.54. The highest BCUT2D eigenvalue weighted by molar-refractivity contribution is 6.31. The summed E-state index contributed by atoms with van der Waals surface area (Å²) in [5.41, 5.74) is 1.22. The third-order valence-corrected chi connectivity index (χ3v) is 5.30. The molecule has 0 amide bonds. The van der Waals surface area contributed by atoms with Gasteiger partial charge in [0.15, 0.2) is 0 Å². The van der Waals surface area contributed by atoms with Gasteiger partial charge in [0.25, 0.3) is 0 Å². The first-order chi connectivity index (χ1) is 9.15. The molecule has 3 heteroatoms. The number of nitrogens with zero attached hydrogens (tertiary/aromatic N) is 1. The first-order valence-electron chi connectivity index (χ1n) is 7.37. The van der Waals surface area contributed by atoms with Gasteiger partial charge in [0.05, 0.1) is 0 Å². The predicted molar refractivity (Wildman–Crippen MR) is 80.6 cm³/mol. The summed E-state index contributed by atoms with van der Waals surface area (Å²) in [6.07, 6.45) is 5.31. The van der Waals surface area contributed by atoms with Gasteiger partial charge in [0, 0.05) is 29.2 Å². The summed E-state index contributed by atoms with van der Waals surface area (Å²) in [5.74, 6) is 0. The number of fused-ring (bicyclic) bond motifs is 2. The number of nitrogens with one attached hydrogen (secondary N) is 1. The maximum absolute atomic E-state index is 6.28. The second-order valence-electron chi connectivity index (χ2n) is 6.13. The molecule has 1 aromatic rings. The fourth-order valence-corrected chi connectivity index (χ4v) is 4.12. The van der Waals surface area contributed by atoms with Crippen molar-refractivity contribution in [2.75, 3.05) is 7.05 Å². The van der Waals surface area contributed by atoms with Gasteiger partial charge >= 0.3 is 0 Å². The number of hydrogen-bond donors (Lipinski definition) is 1. The Balaban J connectivity index is 1.65. The van der Waals surface area contributed by atoms with Crippen LogP contribution in [0.15, 0.2) is 24.3 Å². The lowest BCUT2D eigenvalue weighted by molar-refractivity contribution is 0.144. The average molecular weight is 279 g/mol. The monoisotopic (exact) mass is 278 g/mol. The van der Waals surface area contributed by atoms with Crippen LogP contribution in [0.5, 0.6) is 0 Å². The van der Waals surface area contributed by atoms with Gasteiger partial charge < -0.3 is 10.2 Å². The van der Waals surface area contributed by atoms with Crippen LogP contribution in [0.2, 0.25) is 5.02 Å². The molecule has 3 unspecified atom stereocenters. The van der Waals surface area contributed by atoms with Crippen LogP contribution in [0.3, 0.4) is 0 Å². The first-order valence-corrected chi connectivity index (χ1v) is 7.75. The van der Waals surface area contributed by atoms with E-state index >= 15 is 0 Å². The van der Waals surface area contributed by atoms with E-state index in [1.807, 2.05) is 12.1 Å². The summed E-state index contributed by atoms with van der Waals surface area (Å²) in [5, 5.41) is 4.66. The molecule has 0 aromatic heterocycles. The van der Waals surface area contributed by atoms with E-state index in [0.717, 1.165) is 17.1 Å². The van der Waals surface area contributed by atoms with Crippen molar-refractivity contribution >= 4 is 11.6 Å². The van der Waals surface area contributed by atoms with Crippen molar-refractivity contribution in [2.24, 2.45) is 0 Å². The summed E-state index contributed by atoms with van der Waals surface area (Å²) >= 11 is 6.28. The minimum Gasteiger partial charge on any atom is -0.307 e. The van der Waals surface area contributed by atoms with Gasteiger partial charge in [-0.2, -0.15) is 0 Å². The molecule has 2 heterocycles. The van der Waals surface area contributed by atoms with Gasteiger partial charge in [-0.25, -0.2) is 0 Å². The maximum atomic E-state index is 6.28. The van der Waals surface area contributed by atoms with Crippen molar-refractivity contribution < 1.29 is 0 Å². The minimum atomic E-state index is 0.335.